The van der Waals surface area contributed by atoms with E-state index in [1.165, 1.54) is 10.6 Å². The van der Waals surface area contributed by atoms with E-state index in [4.69, 9.17) is 4.74 Å². The molecule has 1 aromatic carbocycles. The molecule has 104 valence electrons. The number of rotatable bonds is 2. The Labute approximate surface area is 133 Å². The van der Waals surface area contributed by atoms with Gasteiger partial charge < -0.3 is 4.74 Å². The topological polar surface area (TPSA) is 60.7 Å². The Hall–Kier alpha value is -2.22. The van der Waals surface area contributed by atoms with Crippen LogP contribution in [0.25, 0.3) is 5.65 Å². The van der Waals surface area contributed by atoms with Crippen LogP contribution in [0, 0.1) is 3.57 Å². The van der Waals surface area contributed by atoms with E-state index < -0.39 is 11.5 Å². The Morgan fingerprint density at radius 1 is 1.14 bits per heavy atom. The lowest BCUT2D eigenvalue weighted by Gasteiger charge is -2.05. The molecule has 0 saturated carbocycles. The standard InChI is InChI=1S/C15H9IN2O3/c16-10-4-6-11(7-5-10)21-15(20)12-9-17-13-3-1-2-8-18(13)14(12)19/h1-9H. The maximum absolute atomic E-state index is 12.2. The van der Waals surface area contributed by atoms with E-state index in [2.05, 4.69) is 27.6 Å². The summed E-state index contributed by atoms with van der Waals surface area (Å²) in [6.07, 6.45) is 2.80. The lowest BCUT2D eigenvalue weighted by atomic mass is 10.3. The molecule has 0 fully saturated rings. The van der Waals surface area contributed by atoms with Crippen LogP contribution in [0.2, 0.25) is 0 Å². The molecule has 3 rings (SSSR count). The average molecular weight is 392 g/mol. The van der Waals surface area contributed by atoms with Gasteiger partial charge in [-0.2, -0.15) is 0 Å². The van der Waals surface area contributed by atoms with Gasteiger partial charge in [0.05, 0.1) is 0 Å². The molecule has 0 saturated heterocycles. The van der Waals surface area contributed by atoms with E-state index in [1.807, 2.05) is 12.1 Å². The van der Waals surface area contributed by atoms with Gasteiger partial charge in [-0.3, -0.25) is 9.20 Å². The lowest BCUT2D eigenvalue weighted by molar-refractivity contribution is 0.0732. The molecule has 0 unspecified atom stereocenters. The third-order valence-corrected chi connectivity index (χ3v) is 3.58. The van der Waals surface area contributed by atoms with E-state index in [9.17, 15) is 9.59 Å². The number of hydrogen-bond donors (Lipinski definition) is 0. The Bertz CT molecular complexity index is 872. The van der Waals surface area contributed by atoms with Crippen molar-refractivity contribution in [3.05, 3.63) is 74.3 Å². The highest BCUT2D eigenvalue weighted by Crippen LogP contribution is 2.14. The number of halogens is 1. The number of fused-ring (bicyclic) bond motifs is 1. The highest BCUT2D eigenvalue weighted by molar-refractivity contribution is 14.1. The van der Waals surface area contributed by atoms with Crippen molar-refractivity contribution in [2.24, 2.45) is 0 Å². The molecule has 0 aliphatic heterocycles. The normalized spacial score (nSPS) is 10.5. The molecule has 0 spiro atoms. The fourth-order valence-electron chi connectivity index (χ4n) is 1.83. The summed E-state index contributed by atoms with van der Waals surface area (Å²) in [4.78, 5) is 28.4. The Morgan fingerprint density at radius 2 is 1.90 bits per heavy atom. The van der Waals surface area contributed by atoms with Crippen LogP contribution in [-0.2, 0) is 0 Å². The lowest BCUT2D eigenvalue weighted by Crippen LogP contribution is -2.25. The first-order valence-corrected chi connectivity index (χ1v) is 7.17. The van der Waals surface area contributed by atoms with E-state index >= 15 is 0 Å². The number of aromatic nitrogens is 2. The second-order valence-electron chi connectivity index (χ2n) is 4.25. The second-order valence-corrected chi connectivity index (χ2v) is 5.49. The van der Waals surface area contributed by atoms with Crippen LogP contribution in [0.1, 0.15) is 10.4 Å². The zero-order valence-electron chi connectivity index (χ0n) is 10.7. The van der Waals surface area contributed by atoms with Crippen molar-refractivity contribution in [3.63, 3.8) is 0 Å². The predicted molar refractivity (Wildman–Crippen MR) is 85.6 cm³/mol. The summed E-state index contributed by atoms with van der Waals surface area (Å²) in [7, 11) is 0. The zero-order chi connectivity index (χ0) is 14.8. The summed E-state index contributed by atoms with van der Waals surface area (Å²) in [5.74, 6) is -0.329. The van der Waals surface area contributed by atoms with Crippen LogP contribution < -0.4 is 10.3 Å². The van der Waals surface area contributed by atoms with Crippen molar-refractivity contribution in [1.82, 2.24) is 9.38 Å². The molecular formula is C15H9IN2O3. The minimum atomic E-state index is -0.716. The zero-order valence-corrected chi connectivity index (χ0v) is 12.9. The number of pyridine rings is 1. The van der Waals surface area contributed by atoms with Crippen molar-refractivity contribution < 1.29 is 9.53 Å². The Balaban J connectivity index is 1.96. The first kappa shape index (κ1) is 13.7. The van der Waals surface area contributed by atoms with Crippen molar-refractivity contribution >= 4 is 34.2 Å². The maximum atomic E-state index is 12.2. The third-order valence-electron chi connectivity index (χ3n) is 2.86. The van der Waals surface area contributed by atoms with Crippen LogP contribution in [0.5, 0.6) is 5.75 Å². The van der Waals surface area contributed by atoms with Crippen molar-refractivity contribution in [3.8, 4) is 5.75 Å². The SMILES string of the molecule is O=C(Oc1ccc(I)cc1)c1cnc2ccccn2c1=O. The van der Waals surface area contributed by atoms with Gasteiger partial charge in [0.25, 0.3) is 5.56 Å². The second kappa shape index (κ2) is 5.65. The summed E-state index contributed by atoms with van der Waals surface area (Å²) in [6.45, 7) is 0. The number of carbonyl (C=O) groups is 1. The van der Waals surface area contributed by atoms with E-state index in [0.717, 1.165) is 3.57 Å². The van der Waals surface area contributed by atoms with Crippen LogP contribution in [0.4, 0.5) is 0 Å². The van der Waals surface area contributed by atoms with Crippen LogP contribution in [-0.4, -0.2) is 15.4 Å². The van der Waals surface area contributed by atoms with Crippen LogP contribution in [0.3, 0.4) is 0 Å². The molecule has 0 amide bonds. The summed E-state index contributed by atoms with van der Waals surface area (Å²) >= 11 is 2.15. The summed E-state index contributed by atoms with van der Waals surface area (Å²) in [5, 5.41) is 0. The Morgan fingerprint density at radius 3 is 2.67 bits per heavy atom. The van der Waals surface area contributed by atoms with Crippen molar-refractivity contribution in [1.29, 1.82) is 0 Å². The van der Waals surface area contributed by atoms with Crippen LogP contribution in [0.15, 0.2) is 59.7 Å². The molecular weight excluding hydrogens is 383 g/mol. The summed E-state index contributed by atoms with van der Waals surface area (Å²) < 4.78 is 7.53. The smallest absolute Gasteiger partial charge is 0.350 e. The van der Waals surface area contributed by atoms with E-state index in [0.29, 0.717) is 11.4 Å². The van der Waals surface area contributed by atoms with Crippen molar-refractivity contribution in [2.45, 2.75) is 0 Å². The number of esters is 1. The van der Waals surface area contributed by atoms with Gasteiger partial charge in [0.15, 0.2) is 0 Å². The molecule has 5 nitrogen and oxygen atoms in total. The largest absolute Gasteiger partial charge is 0.423 e. The average Bonchev–Trinajstić information content (AvgIpc) is 2.50. The maximum Gasteiger partial charge on any atom is 0.350 e. The molecule has 0 N–H and O–H groups in total. The molecule has 2 heterocycles. The van der Waals surface area contributed by atoms with Gasteiger partial charge in [0.2, 0.25) is 0 Å². The van der Waals surface area contributed by atoms with Gasteiger partial charge in [-0.15, -0.1) is 0 Å². The molecule has 0 radical (unpaired) electrons. The van der Waals surface area contributed by atoms with Gasteiger partial charge in [-0.25, -0.2) is 9.78 Å². The number of nitrogens with zero attached hydrogens (tertiary/aromatic N) is 2. The van der Waals surface area contributed by atoms with Gasteiger partial charge in [-0.1, -0.05) is 6.07 Å². The van der Waals surface area contributed by atoms with Gasteiger partial charge >= 0.3 is 5.97 Å². The molecule has 21 heavy (non-hydrogen) atoms. The molecule has 0 aliphatic carbocycles. The third kappa shape index (κ3) is 2.80. The summed E-state index contributed by atoms with van der Waals surface area (Å²) in [5.41, 5.74) is -0.0679. The first-order valence-electron chi connectivity index (χ1n) is 6.09. The number of benzene rings is 1. The molecule has 0 aliphatic rings. The minimum absolute atomic E-state index is 0.0998. The van der Waals surface area contributed by atoms with Crippen LogP contribution >= 0.6 is 22.6 Å². The molecule has 2 aromatic heterocycles. The van der Waals surface area contributed by atoms with Gasteiger partial charge in [0.1, 0.15) is 17.0 Å². The highest BCUT2D eigenvalue weighted by atomic mass is 127. The first-order chi connectivity index (χ1) is 10.1. The Kier molecular flexibility index (Phi) is 3.70. The van der Waals surface area contributed by atoms with Crippen molar-refractivity contribution in [2.75, 3.05) is 0 Å². The van der Waals surface area contributed by atoms with Gasteiger partial charge in [-0.05, 0) is 59.0 Å². The van der Waals surface area contributed by atoms with E-state index in [1.54, 1.807) is 36.5 Å². The minimum Gasteiger partial charge on any atom is -0.423 e. The predicted octanol–water partition coefficient (Wildman–Crippen LogP) is 2.52. The number of hydrogen-bond acceptors (Lipinski definition) is 4. The quantitative estimate of drug-likeness (QED) is 0.382. The molecule has 0 bridgehead atoms. The molecule has 6 heteroatoms. The highest BCUT2D eigenvalue weighted by Gasteiger charge is 2.15. The molecule has 3 aromatic rings. The monoisotopic (exact) mass is 392 g/mol. The fourth-order valence-corrected chi connectivity index (χ4v) is 2.19. The number of ether oxygens (including phenoxy) is 1. The summed E-state index contributed by atoms with van der Waals surface area (Å²) in [6, 6.07) is 12.1. The van der Waals surface area contributed by atoms with E-state index in [-0.39, 0.29) is 5.56 Å². The van der Waals surface area contributed by atoms with Gasteiger partial charge in [0, 0.05) is 16.0 Å². The molecule has 0 atom stereocenters. The fraction of sp³-hybridized carbons (Fsp3) is 0. The number of carbonyl (C=O) groups excluding carboxylic acids is 1.